The van der Waals surface area contributed by atoms with Gasteiger partial charge in [-0.05, 0) is 54.7 Å². The second-order valence-corrected chi connectivity index (χ2v) is 9.72. The van der Waals surface area contributed by atoms with Crippen molar-refractivity contribution in [2.45, 2.75) is 59.4 Å². The zero-order chi connectivity index (χ0) is 25.1. The van der Waals surface area contributed by atoms with Gasteiger partial charge >= 0.3 is 5.97 Å². The number of esters is 1. The highest BCUT2D eigenvalue weighted by Crippen LogP contribution is 2.28. The monoisotopic (exact) mass is 472 g/mol. The number of allylic oxidation sites excluding steroid dienone is 2. The number of hydrogen-bond donors (Lipinski definition) is 2. The van der Waals surface area contributed by atoms with Gasteiger partial charge in [-0.2, -0.15) is 0 Å². The van der Waals surface area contributed by atoms with Crippen molar-refractivity contribution in [2.24, 2.45) is 23.7 Å². The molecule has 34 heavy (non-hydrogen) atoms. The molecular weight excluding hydrogens is 432 g/mol. The third-order valence-corrected chi connectivity index (χ3v) is 5.90. The molecule has 0 radical (unpaired) electrons. The molecule has 0 fully saturated rings. The van der Waals surface area contributed by atoms with E-state index in [0.29, 0.717) is 31.3 Å². The number of nitrogens with one attached hydrogen (secondary N) is 2. The van der Waals surface area contributed by atoms with Crippen LogP contribution >= 0.6 is 0 Å². The Bertz CT molecular complexity index is 832. The van der Waals surface area contributed by atoms with E-state index in [1.54, 1.807) is 0 Å². The normalized spacial score (nSPS) is 21.7. The summed E-state index contributed by atoms with van der Waals surface area (Å²) in [6, 6.07) is 6.74. The average Bonchev–Trinajstić information content (AvgIpc) is 2.80. The summed E-state index contributed by atoms with van der Waals surface area (Å²) in [5, 5.41) is 5.59. The number of fused-ring (bicyclic) bond motifs is 11. The molecule has 7 nitrogen and oxygen atoms in total. The molecule has 7 heteroatoms. The van der Waals surface area contributed by atoms with E-state index in [4.69, 9.17) is 4.74 Å². The Balaban J connectivity index is 2.36. The van der Waals surface area contributed by atoms with Crippen molar-refractivity contribution in [1.82, 2.24) is 10.6 Å². The fraction of sp³-hybridized carbons (Fsp3) is 0.593. The minimum atomic E-state index is -0.809. The summed E-state index contributed by atoms with van der Waals surface area (Å²) in [4.78, 5) is 38.1. The summed E-state index contributed by atoms with van der Waals surface area (Å²) in [5.74, 6) is 0.152. The molecule has 188 valence electrons. The van der Waals surface area contributed by atoms with Crippen LogP contribution in [0, 0.1) is 23.7 Å². The summed E-state index contributed by atoms with van der Waals surface area (Å²) in [7, 11) is 1.27. The molecule has 2 amide bonds. The minimum absolute atomic E-state index is 0.0380. The maximum absolute atomic E-state index is 13.6. The molecule has 0 saturated heterocycles. The van der Waals surface area contributed by atoms with Gasteiger partial charge in [-0.15, -0.1) is 0 Å². The smallest absolute Gasteiger partial charge is 0.325 e. The number of rotatable bonds is 7. The highest BCUT2D eigenvalue weighted by molar-refractivity contribution is 5.90. The van der Waals surface area contributed by atoms with Crippen LogP contribution in [0.15, 0.2) is 36.4 Å². The Morgan fingerprint density at radius 2 is 1.91 bits per heavy atom. The van der Waals surface area contributed by atoms with Crippen LogP contribution in [-0.4, -0.2) is 44.1 Å². The predicted octanol–water partition coefficient (Wildman–Crippen LogP) is 3.67. The van der Waals surface area contributed by atoms with E-state index < -0.39 is 17.9 Å². The first-order valence-corrected chi connectivity index (χ1v) is 12.2. The summed E-state index contributed by atoms with van der Waals surface area (Å²) < 4.78 is 10.5. The molecule has 2 N–H and O–H groups in total. The predicted molar refractivity (Wildman–Crippen MR) is 132 cm³/mol. The maximum Gasteiger partial charge on any atom is 0.325 e. The van der Waals surface area contributed by atoms with E-state index in [9.17, 15) is 14.4 Å². The number of benzene rings is 1. The fourth-order valence-electron chi connectivity index (χ4n) is 4.09. The van der Waals surface area contributed by atoms with E-state index in [0.717, 1.165) is 24.2 Å². The summed E-state index contributed by atoms with van der Waals surface area (Å²) in [6.45, 7) is 8.78. The largest absolute Gasteiger partial charge is 0.494 e. The maximum atomic E-state index is 13.6. The zero-order valence-electron chi connectivity index (χ0n) is 21.1. The molecule has 1 aromatic rings. The van der Waals surface area contributed by atoms with E-state index >= 15 is 0 Å². The van der Waals surface area contributed by atoms with Gasteiger partial charge in [0, 0.05) is 12.3 Å². The summed E-state index contributed by atoms with van der Waals surface area (Å²) in [5.41, 5.74) is 0.889. The summed E-state index contributed by atoms with van der Waals surface area (Å²) >= 11 is 0. The number of methoxy groups -OCH3 is 1. The van der Waals surface area contributed by atoms with Gasteiger partial charge in [-0.1, -0.05) is 52.0 Å². The third-order valence-electron chi connectivity index (χ3n) is 5.90. The Hall–Kier alpha value is -2.83. The van der Waals surface area contributed by atoms with Gasteiger partial charge in [0.25, 0.3) is 0 Å². The SMILES string of the molecule is COC(=O)CNC(=O)[C@@H]1Cc2ccc(cc2)OCCC[C@H](C=CC(C)C)[C@@H](CC(C)C)C(=O)N1. The topological polar surface area (TPSA) is 93.7 Å². The Morgan fingerprint density at radius 3 is 2.53 bits per heavy atom. The number of hydrogen-bond acceptors (Lipinski definition) is 5. The second-order valence-electron chi connectivity index (χ2n) is 9.72. The van der Waals surface area contributed by atoms with Crippen LogP contribution < -0.4 is 15.4 Å². The van der Waals surface area contributed by atoms with Crippen LogP contribution in [0.3, 0.4) is 0 Å². The molecule has 2 aliphatic heterocycles. The van der Waals surface area contributed by atoms with Crippen molar-refractivity contribution >= 4 is 17.8 Å². The lowest BCUT2D eigenvalue weighted by Crippen LogP contribution is -2.51. The van der Waals surface area contributed by atoms with Crippen LogP contribution in [0.25, 0.3) is 0 Å². The molecule has 0 unspecified atom stereocenters. The Morgan fingerprint density at radius 1 is 1.21 bits per heavy atom. The first-order chi connectivity index (χ1) is 16.2. The van der Waals surface area contributed by atoms with E-state index in [2.05, 4.69) is 55.2 Å². The number of carbonyl (C=O) groups is 3. The molecule has 1 aromatic carbocycles. The Labute approximate surface area is 203 Å². The molecule has 3 rings (SSSR count). The number of amides is 2. The average molecular weight is 473 g/mol. The van der Waals surface area contributed by atoms with Crippen molar-refractivity contribution in [1.29, 1.82) is 0 Å². The highest BCUT2D eigenvalue weighted by Gasteiger charge is 2.31. The standard InChI is InChI=1S/C27H40N2O5/c1-18(2)8-11-21-7-6-14-34-22-12-9-20(10-13-22)16-24(27(32)28-17-25(30)33-5)29-26(31)23(21)15-19(3)4/h8-13,18-19,21,23-24H,6-7,14-17H2,1-5H3,(H,28,32)(H,29,31)/t21-,23-,24+/m1/s1. The van der Waals surface area contributed by atoms with Crippen LogP contribution in [-0.2, 0) is 25.5 Å². The second kappa shape index (κ2) is 13.8. The quantitative estimate of drug-likeness (QED) is 0.467. The van der Waals surface area contributed by atoms with Crippen LogP contribution in [0.5, 0.6) is 5.75 Å². The third kappa shape index (κ3) is 9.20. The van der Waals surface area contributed by atoms with Gasteiger partial charge in [-0.3, -0.25) is 14.4 Å². The van der Waals surface area contributed by atoms with Gasteiger partial charge in [0.2, 0.25) is 11.8 Å². The van der Waals surface area contributed by atoms with Crippen molar-refractivity contribution in [3.63, 3.8) is 0 Å². The van der Waals surface area contributed by atoms with E-state index in [1.165, 1.54) is 7.11 Å². The first kappa shape index (κ1) is 27.4. The summed E-state index contributed by atoms with van der Waals surface area (Å²) in [6.07, 6.45) is 6.95. The molecule has 2 bridgehead atoms. The zero-order valence-corrected chi connectivity index (χ0v) is 21.1. The van der Waals surface area contributed by atoms with Crippen molar-refractivity contribution in [3.05, 3.63) is 42.0 Å². The number of ether oxygens (including phenoxy) is 2. The van der Waals surface area contributed by atoms with Gasteiger partial charge in [0.15, 0.2) is 0 Å². The minimum Gasteiger partial charge on any atom is -0.494 e. The fourth-order valence-corrected chi connectivity index (χ4v) is 4.09. The van der Waals surface area contributed by atoms with Crippen molar-refractivity contribution in [3.8, 4) is 5.75 Å². The molecule has 2 heterocycles. The molecule has 0 saturated carbocycles. The molecule has 0 aliphatic carbocycles. The lowest BCUT2D eigenvalue weighted by molar-refractivity contribution is -0.141. The lowest BCUT2D eigenvalue weighted by Gasteiger charge is -2.28. The highest BCUT2D eigenvalue weighted by atomic mass is 16.5. The molecule has 3 atom stereocenters. The molecular formula is C27H40N2O5. The lowest BCUT2D eigenvalue weighted by atomic mass is 9.81. The molecule has 0 aromatic heterocycles. The van der Waals surface area contributed by atoms with Crippen LogP contribution in [0.4, 0.5) is 0 Å². The van der Waals surface area contributed by atoms with E-state index in [-0.39, 0.29) is 24.3 Å². The van der Waals surface area contributed by atoms with Crippen molar-refractivity contribution in [2.75, 3.05) is 20.3 Å². The van der Waals surface area contributed by atoms with Crippen LogP contribution in [0.2, 0.25) is 0 Å². The number of carbonyl (C=O) groups excluding carboxylic acids is 3. The van der Waals surface area contributed by atoms with Gasteiger partial charge in [-0.25, -0.2) is 0 Å². The van der Waals surface area contributed by atoms with E-state index in [1.807, 2.05) is 24.3 Å². The Kier molecular flexibility index (Phi) is 11.1. The van der Waals surface area contributed by atoms with Crippen molar-refractivity contribution < 1.29 is 23.9 Å². The van der Waals surface area contributed by atoms with Gasteiger partial charge in [0.05, 0.1) is 13.7 Å². The van der Waals surface area contributed by atoms with Gasteiger partial charge < -0.3 is 20.1 Å². The molecule has 2 aliphatic rings. The van der Waals surface area contributed by atoms with Gasteiger partial charge in [0.1, 0.15) is 18.3 Å². The molecule has 0 spiro atoms. The van der Waals surface area contributed by atoms with Crippen LogP contribution in [0.1, 0.15) is 52.5 Å². The first-order valence-electron chi connectivity index (χ1n) is 12.2.